The van der Waals surface area contributed by atoms with E-state index in [1.165, 1.54) is 48.2 Å². The summed E-state index contributed by atoms with van der Waals surface area (Å²) >= 11 is 0. The highest BCUT2D eigenvalue weighted by Crippen LogP contribution is 2.38. The Labute approximate surface area is 185 Å². The van der Waals surface area contributed by atoms with Crippen molar-refractivity contribution in [1.29, 1.82) is 0 Å². The summed E-state index contributed by atoms with van der Waals surface area (Å²) in [6.07, 6.45) is 6.23. The molecule has 0 atom stereocenters. The first-order valence-corrected chi connectivity index (χ1v) is 12.8. The third-order valence-corrected chi connectivity index (χ3v) is 11.7. The van der Waals surface area contributed by atoms with E-state index in [0.717, 1.165) is 0 Å². The lowest BCUT2D eigenvalue weighted by atomic mass is 9.95. The molecule has 0 spiro atoms. The number of benzene rings is 4. The summed E-state index contributed by atoms with van der Waals surface area (Å²) in [6.45, 7) is 8.50. The summed E-state index contributed by atoms with van der Waals surface area (Å²) in [5, 5.41) is 8.55. The summed E-state index contributed by atoms with van der Waals surface area (Å²) in [5.74, 6) is 0. The van der Waals surface area contributed by atoms with E-state index in [1.54, 1.807) is 0 Å². The molecule has 1 heteroatoms. The van der Waals surface area contributed by atoms with Crippen LogP contribution in [0.4, 0.5) is 0 Å². The molecule has 0 unspecified atom stereocenters. The summed E-state index contributed by atoms with van der Waals surface area (Å²) in [5.41, 5.74) is 4.07. The number of hydrogen-bond donors (Lipinski definition) is 0. The van der Waals surface area contributed by atoms with Gasteiger partial charge in [-0.25, -0.2) is 0 Å². The fourth-order valence-corrected chi connectivity index (χ4v) is 10.6. The molecular formula is C30H26Si. The van der Waals surface area contributed by atoms with Crippen molar-refractivity contribution >= 4 is 40.0 Å². The normalized spacial score (nSPS) is 14.9. The van der Waals surface area contributed by atoms with Crippen LogP contribution < -0.4 is 15.6 Å². The van der Waals surface area contributed by atoms with Crippen LogP contribution in [0.2, 0.25) is 0 Å². The number of allylic oxidation sites excluding steroid dienone is 5. The molecule has 0 fully saturated rings. The standard InChI is InChI=1S/C30H26Si/c1-4-5-18-27-23(3)31(24-14-8-6-9-15-24,25-16-10-7-11-17-25)29-21-20-26-22(2)13-12-19-28(26)30(27)29/h4-21H,1H2,2-3H3/b18-5-. The smallest absolute Gasteiger partial charge is 0.0991 e. The topological polar surface area (TPSA) is 0 Å². The minimum Gasteiger partial charge on any atom is -0.0991 e. The first-order valence-electron chi connectivity index (χ1n) is 10.8. The molecule has 0 saturated carbocycles. The van der Waals surface area contributed by atoms with Gasteiger partial charge in [-0.2, -0.15) is 0 Å². The molecule has 4 aromatic carbocycles. The van der Waals surface area contributed by atoms with Gasteiger partial charge < -0.3 is 0 Å². The van der Waals surface area contributed by atoms with Crippen LogP contribution in [0.5, 0.6) is 0 Å². The monoisotopic (exact) mass is 414 g/mol. The Kier molecular flexibility index (Phi) is 4.84. The third kappa shape index (κ3) is 2.81. The van der Waals surface area contributed by atoms with E-state index in [-0.39, 0.29) is 0 Å². The average molecular weight is 415 g/mol. The minimum atomic E-state index is -2.36. The fourth-order valence-electron chi connectivity index (χ4n) is 5.37. The lowest BCUT2D eigenvalue weighted by molar-refractivity contribution is 1.53. The first-order chi connectivity index (χ1) is 15.2. The Hall–Kier alpha value is -3.42. The molecule has 150 valence electrons. The van der Waals surface area contributed by atoms with Crippen molar-refractivity contribution in [2.24, 2.45) is 0 Å². The number of hydrogen-bond acceptors (Lipinski definition) is 0. The largest absolute Gasteiger partial charge is 0.176 e. The number of rotatable bonds is 4. The Morgan fingerprint density at radius 3 is 1.94 bits per heavy atom. The number of aryl methyl sites for hydroxylation is 1. The van der Waals surface area contributed by atoms with E-state index in [2.05, 4.69) is 124 Å². The van der Waals surface area contributed by atoms with Crippen molar-refractivity contribution in [3.8, 4) is 0 Å². The van der Waals surface area contributed by atoms with E-state index in [0.29, 0.717) is 0 Å². The maximum Gasteiger partial charge on any atom is 0.176 e. The highest BCUT2D eigenvalue weighted by Gasteiger charge is 2.48. The Morgan fingerprint density at radius 1 is 0.677 bits per heavy atom. The van der Waals surface area contributed by atoms with Crippen LogP contribution in [0.15, 0.2) is 121 Å². The molecule has 0 bridgehead atoms. The van der Waals surface area contributed by atoms with Gasteiger partial charge in [-0.3, -0.25) is 0 Å². The first kappa shape index (κ1) is 19.5. The van der Waals surface area contributed by atoms with Crippen molar-refractivity contribution in [3.63, 3.8) is 0 Å². The van der Waals surface area contributed by atoms with Gasteiger partial charge in [0.15, 0.2) is 8.07 Å². The molecule has 1 aliphatic rings. The van der Waals surface area contributed by atoms with Crippen molar-refractivity contribution < 1.29 is 0 Å². The van der Waals surface area contributed by atoms with Crippen molar-refractivity contribution in [2.45, 2.75) is 13.8 Å². The van der Waals surface area contributed by atoms with Crippen molar-refractivity contribution in [3.05, 3.63) is 132 Å². The molecule has 5 rings (SSSR count). The SMILES string of the molecule is C=C/C=C\C1=C(C)[Si](c2ccccc2)(c2ccccc2)c2ccc3c(C)cccc3c21. The summed E-state index contributed by atoms with van der Waals surface area (Å²) < 4.78 is 0. The van der Waals surface area contributed by atoms with Gasteiger partial charge in [0.1, 0.15) is 0 Å². The lowest BCUT2D eigenvalue weighted by Gasteiger charge is -2.32. The zero-order valence-corrected chi connectivity index (χ0v) is 19.1. The molecule has 1 aliphatic heterocycles. The predicted octanol–water partition coefficient (Wildman–Crippen LogP) is 5.69. The van der Waals surface area contributed by atoms with E-state index < -0.39 is 8.07 Å². The highest BCUT2D eigenvalue weighted by molar-refractivity contribution is 7.18. The molecule has 0 radical (unpaired) electrons. The van der Waals surface area contributed by atoms with E-state index >= 15 is 0 Å². The molecule has 0 aromatic heterocycles. The Bertz CT molecular complexity index is 1300. The van der Waals surface area contributed by atoms with E-state index in [1.807, 2.05) is 6.08 Å². The van der Waals surface area contributed by atoms with Gasteiger partial charge >= 0.3 is 0 Å². The van der Waals surface area contributed by atoms with Gasteiger partial charge in [0.2, 0.25) is 0 Å². The molecule has 0 N–H and O–H groups in total. The number of fused-ring (bicyclic) bond motifs is 3. The summed E-state index contributed by atoms with van der Waals surface area (Å²) in [6, 6.07) is 33.7. The zero-order chi connectivity index (χ0) is 21.4. The van der Waals surface area contributed by atoms with Crippen LogP contribution in [0.25, 0.3) is 16.3 Å². The van der Waals surface area contributed by atoms with Gasteiger partial charge in [0.25, 0.3) is 0 Å². The predicted molar refractivity (Wildman–Crippen MR) is 138 cm³/mol. The second kappa shape index (κ2) is 7.68. The van der Waals surface area contributed by atoms with Gasteiger partial charge in [-0.05, 0) is 56.9 Å². The highest BCUT2D eigenvalue weighted by atomic mass is 28.3. The maximum absolute atomic E-state index is 3.93. The van der Waals surface area contributed by atoms with Crippen molar-refractivity contribution in [1.82, 2.24) is 0 Å². The molecule has 31 heavy (non-hydrogen) atoms. The Morgan fingerprint density at radius 2 is 1.32 bits per heavy atom. The lowest BCUT2D eigenvalue weighted by Crippen LogP contribution is -2.67. The van der Waals surface area contributed by atoms with Crippen LogP contribution in [0.1, 0.15) is 18.1 Å². The van der Waals surface area contributed by atoms with Crippen LogP contribution in [-0.2, 0) is 0 Å². The molecule has 1 heterocycles. The quantitative estimate of drug-likeness (QED) is 0.297. The molecule has 0 amide bonds. The van der Waals surface area contributed by atoms with Crippen LogP contribution >= 0.6 is 0 Å². The van der Waals surface area contributed by atoms with Crippen LogP contribution in [0, 0.1) is 6.92 Å². The van der Waals surface area contributed by atoms with E-state index in [4.69, 9.17) is 0 Å². The Balaban J connectivity index is 1.99. The summed E-state index contributed by atoms with van der Waals surface area (Å²) in [4.78, 5) is 0. The average Bonchev–Trinajstić information content (AvgIpc) is 3.07. The van der Waals surface area contributed by atoms with Gasteiger partial charge in [0.05, 0.1) is 0 Å². The van der Waals surface area contributed by atoms with Gasteiger partial charge in [-0.15, -0.1) is 0 Å². The third-order valence-electron chi connectivity index (χ3n) is 6.73. The van der Waals surface area contributed by atoms with Crippen LogP contribution in [0.3, 0.4) is 0 Å². The molecular weight excluding hydrogens is 388 g/mol. The molecule has 4 aromatic rings. The van der Waals surface area contributed by atoms with Crippen molar-refractivity contribution in [2.75, 3.05) is 0 Å². The van der Waals surface area contributed by atoms with E-state index in [9.17, 15) is 0 Å². The molecule has 0 saturated heterocycles. The molecule has 0 aliphatic carbocycles. The maximum atomic E-state index is 3.93. The second-order valence-corrected chi connectivity index (χ2v) is 12.2. The fraction of sp³-hybridized carbons (Fsp3) is 0.0667. The zero-order valence-electron chi connectivity index (χ0n) is 18.1. The minimum absolute atomic E-state index is 1.32. The second-order valence-electron chi connectivity index (χ2n) is 8.27. The summed E-state index contributed by atoms with van der Waals surface area (Å²) in [7, 11) is -2.36. The molecule has 0 nitrogen and oxygen atoms in total. The van der Waals surface area contributed by atoms with Crippen LogP contribution in [-0.4, -0.2) is 8.07 Å². The van der Waals surface area contributed by atoms with Gasteiger partial charge in [-0.1, -0.05) is 121 Å². The van der Waals surface area contributed by atoms with Gasteiger partial charge in [0, 0.05) is 0 Å².